The van der Waals surface area contributed by atoms with Crippen LogP contribution < -0.4 is 10.2 Å². The number of nitrogens with one attached hydrogen (secondary N) is 1. The minimum absolute atomic E-state index is 0.0642. The van der Waals surface area contributed by atoms with Gasteiger partial charge in [0.2, 0.25) is 17.1 Å². The lowest BCUT2D eigenvalue weighted by Gasteiger charge is -2.27. The Hall–Kier alpha value is -10.8. The van der Waals surface area contributed by atoms with Crippen LogP contribution in [0.5, 0.6) is 0 Å². The first-order valence-electron chi connectivity index (χ1n) is 38.4. The Labute approximate surface area is 655 Å². The van der Waals surface area contributed by atoms with Gasteiger partial charge in [0, 0.05) is 134 Å². The van der Waals surface area contributed by atoms with Crippen LogP contribution in [-0.4, -0.2) is 110 Å². The number of allylic oxidation sites excluding steroid dienone is 4. The molecule has 4 aliphatic rings. The van der Waals surface area contributed by atoms with Crippen LogP contribution in [0, 0.1) is 41.0 Å². The molecule has 0 saturated carbocycles. The highest BCUT2D eigenvalue weighted by atomic mass is 32.2. The second kappa shape index (κ2) is 37.3. The van der Waals surface area contributed by atoms with Crippen molar-refractivity contribution in [2.75, 3.05) is 43.0 Å². The molecule has 20 heteroatoms. The van der Waals surface area contributed by atoms with Crippen LogP contribution in [0.25, 0.3) is 0 Å². The summed E-state index contributed by atoms with van der Waals surface area (Å²) in [6, 6.07) is 58.1. The zero-order valence-electron chi connectivity index (χ0n) is 66.6. The molecule has 8 aromatic rings. The highest BCUT2D eigenvalue weighted by molar-refractivity contribution is 7.85. The van der Waals surface area contributed by atoms with Gasteiger partial charge in [0.1, 0.15) is 19.6 Å². The van der Waals surface area contributed by atoms with Gasteiger partial charge in [-0.1, -0.05) is 122 Å². The molecule has 0 bridgehead atoms. The topological polar surface area (TPSA) is 241 Å². The van der Waals surface area contributed by atoms with Gasteiger partial charge in [-0.15, -0.1) is 0 Å². The van der Waals surface area contributed by atoms with Gasteiger partial charge in [0.05, 0.1) is 49.6 Å². The number of nitrogens with zero attached hydrogens (tertiary/aromatic N) is 7. The monoisotopic (exact) mass is 1520 g/mol. The van der Waals surface area contributed by atoms with Gasteiger partial charge in [-0.2, -0.15) is 22.1 Å². The van der Waals surface area contributed by atoms with Crippen LogP contribution in [0.4, 0.5) is 45.5 Å². The number of nitro groups is 2. The fourth-order valence-corrected chi connectivity index (χ4v) is 15.7. The van der Waals surface area contributed by atoms with E-state index in [9.17, 15) is 42.8 Å². The van der Waals surface area contributed by atoms with Crippen molar-refractivity contribution in [2.45, 2.75) is 187 Å². The normalized spacial score (nSPS) is 15.6. The molecule has 0 fully saturated rings. The average molecular weight is 1520 g/mol. The number of para-hydroxylation sites is 2. The van der Waals surface area contributed by atoms with Crippen LogP contribution >= 0.6 is 0 Å². The molecule has 8 aromatic carbocycles. The number of carboxylic acids is 1. The van der Waals surface area contributed by atoms with E-state index in [1.165, 1.54) is 62.2 Å². The van der Waals surface area contributed by atoms with Crippen molar-refractivity contribution in [1.82, 2.24) is 0 Å². The standard InChI is InChI=1S/C39H45N3O7S.C21H25N2O2.C18H26NO2.C13H12N2/c1-27-15-21-33-31(25-27)38(2,3)35(41(33)24-10-11-28-16-18-29(19-17-28)42(45)46)12-9-13-36-39(4,5)32-26-30(50(47,48)49)20-22-34(32)40(36)23-8-6-7-14-37(43)44;1-15-7-12-20-19(14-15)21(3,4)16(2)22(20)13-5-6-17-8-10-18(11-9-17)23(24)25;1-14-8-9-17-16(12-14)18(3,4)15(2)19(17)10-6-5-7-11-21-13-20;1-3-7-12(8-4-1)14-11-15-13-9-5-2-6-10-13/h9,12-13,15-22,25-26H,6-8,10-11,14,23-24H2,1-5H3,(H-,43,44,47,48,49);7-12,14H,5-6,13H2,1-4H3;8-9,12-13H,5-7,10-11H2,1-4H3;1-11H,(H,14,15)/q;2*+1;/p+1. The predicted octanol–water partition coefficient (Wildman–Crippen LogP) is 20.2. The number of carbonyl (C=O) groups excluding carboxylic acids is 1. The molecule has 0 aliphatic carbocycles. The summed E-state index contributed by atoms with van der Waals surface area (Å²) in [7, 11) is -4.39. The molecule has 0 aromatic heterocycles. The molecule has 0 atom stereocenters. The Balaban J connectivity index is 0.000000192. The second-order valence-corrected chi connectivity index (χ2v) is 32.6. The molecule has 0 unspecified atom stereocenters. The van der Waals surface area contributed by atoms with Gasteiger partial charge < -0.3 is 20.1 Å². The van der Waals surface area contributed by atoms with E-state index in [0.29, 0.717) is 26.0 Å². The SMILES string of the molecule is C(=Nc1ccccc1)Nc1ccccc1.CC1=[N+](CCCCCOC=O)c2ccc(C)cc2C1(C)C.CC1=[N+](CCCc2ccc([N+](=O)[O-])cc2)c2ccc(C)cc2C1(C)C.Cc1ccc2c(c1)C(C)(C)C(=CC=CC1=[N+](CCCCCC(=O)O)c3ccc(S(=O)(=O)O)cc3C1(C)C)N2CCCc1ccc([N+](=O)[O-])cc1. The van der Waals surface area contributed by atoms with Gasteiger partial charge >= 0.3 is 5.97 Å². The van der Waals surface area contributed by atoms with E-state index >= 15 is 0 Å². The van der Waals surface area contributed by atoms with E-state index in [-0.39, 0.29) is 48.8 Å². The van der Waals surface area contributed by atoms with Crippen molar-refractivity contribution in [2.24, 2.45) is 4.99 Å². The van der Waals surface area contributed by atoms with E-state index < -0.39 is 21.5 Å². The zero-order chi connectivity index (χ0) is 80.4. The predicted molar refractivity (Wildman–Crippen MR) is 447 cm³/mol. The molecule has 582 valence electrons. The summed E-state index contributed by atoms with van der Waals surface area (Å²) in [5.74, 6) is -0.814. The minimum atomic E-state index is -4.39. The number of rotatable bonds is 29. The van der Waals surface area contributed by atoms with Crippen LogP contribution in [-0.2, 0) is 58.9 Å². The number of carboxylic acid groups (broad SMARTS) is 1. The van der Waals surface area contributed by atoms with Crippen molar-refractivity contribution in [1.29, 1.82) is 0 Å². The largest absolute Gasteiger partial charge is 0.481 e. The van der Waals surface area contributed by atoms with Gasteiger partial charge in [-0.25, -0.2) is 4.99 Å². The first kappa shape index (κ1) is 84.2. The number of unbranched alkanes of at least 4 members (excludes halogenated alkanes) is 4. The molecule has 0 saturated heterocycles. The molecule has 4 heterocycles. The Morgan fingerprint density at radius 1 is 0.550 bits per heavy atom. The van der Waals surface area contributed by atoms with Crippen molar-refractivity contribution in [3.63, 3.8) is 0 Å². The summed E-state index contributed by atoms with van der Waals surface area (Å²) in [6.07, 6.45) is 16.9. The van der Waals surface area contributed by atoms with Crippen LogP contribution in [0.2, 0.25) is 0 Å². The number of hydrogen-bond acceptors (Lipinski definition) is 11. The van der Waals surface area contributed by atoms with Crippen molar-refractivity contribution < 1.29 is 56.0 Å². The first-order valence-corrected chi connectivity index (χ1v) is 39.8. The maximum Gasteiger partial charge on any atom is 0.303 e. The van der Waals surface area contributed by atoms with Crippen LogP contribution in [0.15, 0.2) is 216 Å². The van der Waals surface area contributed by atoms with Crippen molar-refractivity contribution in [3.8, 4) is 0 Å². The molecular formula is C91H109N8O11S+3. The van der Waals surface area contributed by atoms with Gasteiger partial charge in [0.25, 0.3) is 28.0 Å². The van der Waals surface area contributed by atoms with Gasteiger partial charge in [-0.05, 0) is 185 Å². The van der Waals surface area contributed by atoms with Gasteiger partial charge in [-0.3, -0.25) is 34.4 Å². The summed E-state index contributed by atoms with van der Waals surface area (Å²) in [5, 5.41) is 34.0. The summed E-state index contributed by atoms with van der Waals surface area (Å²) in [5.41, 5.74) is 22.0. The maximum atomic E-state index is 12.1. The first-order chi connectivity index (χ1) is 52.7. The second-order valence-electron chi connectivity index (χ2n) is 31.2. The Morgan fingerprint density at radius 2 is 1.03 bits per heavy atom. The fraction of sp³-hybridized carbons (Fsp3) is 0.363. The Bertz CT molecular complexity index is 4980. The molecule has 0 amide bonds. The molecule has 12 rings (SSSR count). The Morgan fingerprint density at radius 3 is 1.56 bits per heavy atom. The van der Waals surface area contributed by atoms with E-state index in [0.717, 1.165) is 128 Å². The third-order valence-corrected chi connectivity index (χ3v) is 22.9. The number of aryl methyl sites for hydroxylation is 5. The number of carbonyl (C=O) groups is 2. The lowest BCUT2D eigenvalue weighted by Crippen LogP contribution is -2.28. The summed E-state index contributed by atoms with van der Waals surface area (Å²) in [6.45, 7) is 33.0. The summed E-state index contributed by atoms with van der Waals surface area (Å²) in [4.78, 5) is 48.7. The number of aliphatic imine (C=N–C) groups is 1. The highest BCUT2D eigenvalue weighted by Gasteiger charge is 2.47. The molecular weight excluding hydrogens is 1410 g/mol. The molecule has 0 spiro atoms. The fourth-order valence-electron chi connectivity index (χ4n) is 15.2. The van der Waals surface area contributed by atoms with E-state index in [1.807, 2.05) is 98.8 Å². The number of nitro benzene ring substituents is 2. The molecule has 4 aliphatic heterocycles. The van der Waals surface area contributed by atoms with Crippen LogP contribution in [0.1, 0.15) is 177 Å². The van der Waals surface area contributed by atoms with E-state index in [2.05, 4.69) is 178 Å². The Kier molecular flexibility index (Phi) is 28.3. The van der Waals surface area contributed by atoms with Gasteiger partial charge in [0.15, 0.2) is 17.1 Å². The number of ether oxygens (including phenoxy) is 1. The number of aliphatic carboxylic acids is 1. The smallest absolute Gasteiger partial charge is 0.303 e. The molecule has 3 N–H and O–H groups in total. The lowest BCUT2D eigenvalue weighted by atomic mass is 9.81. The minimum Gasteiger partial charge on any atom is -0.481 e. The third-order valence-electron chi connectivity index (χ3n) is 22.0. The number of hydrogen-bond donors (Lipinski definition) is 3. The molecule has 0 radical (unpaired) electrons. The number of anilines is 2. The zero-order valence-corrected chi connectivity index (χ0v) is 67.4. The highest BCUT2D eigenvalue weighted by Crippen LogP contribution is 2.49. The maximum absolute atomic E-state index is 12.1. The van der Waals surface area contributed by atoms with E-state index in [1.54, 1.807) is 42.7 Å². The summed E-state index contributed by atoms with van der Waals surface area (Å²) < 4.78 is 45.7. The quantitative estimate of drug-likeness (QED) is 0.00578. The molecule has 19 nitrogen and oxygen atoms in total. The third kappa shape index (κ3) is 21.0. The number of fused-ring (bicyclic) bond motifs is 4. The van der Waals surface area contributed by atoms with Crippen LogP contribution in [0.3, 0.4) is 0 Å². The molecule has 111 heavy (non-hydrogen) atoms. The number of benzene rings is 8. The number of non-ortho nitro benzene ring substituents is 2. The van der Waals surface area contributed by atoms with Crippen molar-refractivity contribution >= 4 is 91.5 Å². The van der Waals surface area contributed by atoms with E-state index in [4.69, 9.17) is 9.84 Å². The lowest BCUT2D eigenvalue weighted by molar-refractivity contribution is -0.439. The summed E-state index contributed by atoms with van der Waals surface area (Å²) >= 11 is 0. The average Bonchev–Trinajstić information content (AvgIpc) is 1.61. The van der Waals surface area contributed by atoms with Crippen molar-refractivity contribution in [3.05, 3.63) is 276 Å².